The van der Waals surface area contributed by atoms with Crippen LogP contribution in [-0.2, 0) is 4.79 Å². The fourth-order valence-electron chi connectivity index (χ4n) is 1.51. The molecule has 0 radical (unpaired) electrons. The molecule has 0 saturated carbocycles. The molecule has 1 aromatic carbocycles. The molecular weight excluding hydrogens is 232 g/mol. The Bertz CT molecular complexity index is 392. The Labute approximate surface area is 106 Å². The highest BCUT2D eigenvalue weighted by Crippen LogP contribution is 2.00. The predicted molar refractivity (Wildman–Crippen MR) is 68.2 cm³/mol. The van der Waals surface area contributed by atoms with Crippen molar-refractivity contribution in [1.82, 2.24) is 5.32 Å². The smallest absolute Gasteiger partial charge is 0.320 e. The van der Waals surface area contributed by atoms with E-state index < -0.39 is 12.0 Å². The summed E-state index contributed by atoms with van der Waals surface area (Å²) in [5.41, 5.74) is 5.99. The molecule has 0 fully saturated rings. The molecule has 0 heterocycles. The molecule has 1 amide bonds. The van der Waals surface area contributed by atoms with Gasteiger partial charge in [-0.25, -0.2) is 0 Å². The maximum absolute atomic E-state index is 11.6. The Morgan fingerprint density at radius 1 is 1.22 bits per heavy atom. The Morgan fingerprint density at radius 2 is 1.89 bits per heavy atom. The zero-order chi connectivity index (χ0) is 13.4. The minimum atomic E-state index is -0.983. The van der Waals surface area contributed by atoms with E-state index in [0.717, 1.165) is 6.42 Å². The van der Waals surface area contributed by atoms with Gasteiger partial charge in [0.2, 0.25) is 0 Å². The van der Waals surface area contributed by atoms with Crippen molar-refractivity contribution in [2.75, 3.05) is 6.54 Å². The van der Waals surface area contributed by atoms with Crippen LogP contribution in [0.5, 0.6) is 0 Å². The van der Waals surface area contributed by atoms with Gasteiger partial charge in [0.05, 0.1) is 0 Å². The minimum Gasteiger partial charge on any atom is -0.480 e. The summed E-state index contributed by atoms with van der Waals surface area (Å²) in [4.78, 5) is 22.1. The standard InChI is InChI=1S/C13H18N2O3/c14-11(13(17)18)8-4-5-9-15-12(16)10-6-2-1-3-7-10/h1-3,6-7,11H,4-5,8-9,14H2,(H,15,16)(H,17,18)/t11-/m1/s1. The number of amides is 1. The van der Waals surface area contributed by atoms with Gasteiger partial charge in [-0.3, -0.25) is 9.59 Å². The molecule has 0 aliphatic heterocycles. The molecule has 5 nitrogen and oxygen atoms in total. The number of carboxylic acids is 1. The quantitative estimate of drug-likeness (QED) is 0.629. The van der Waals surface area contributed by atoms with Crippen LogP contribution in [0.3, 0.4) is 0 Å². The lowest BCUT2D eigenvalue weighted by atomic mass is 10.1. The first-order chi connectivity index (χ1) is 8.61. The highest BCUT2D eigenvalue weighted by Gasteiger charge is 2.10. The molecule has 0 aliphatic carbocycles. The predicted octanol–water partition coefficient (Wildman–Crippen LogP) is 0.999. The summed E-state index contributed by atoms with van der Waals surface area (Å²) in [6.45, 7) is 0.528. The van der Waals surface area contributed by atoms with Crippen LogP contribution < -0.4 is 11.1 Å². The highest BCUT2D eigenvalue weighted by atomic mass is 16.4. The summed E-state index contributed by atoms with van der Waals surface area (Å²) in [5, 5.41) is 11.4. The lowest BCUT2D eigenvalue weighted by Gasteiger charge is -2.07. The third-order valence-corrected chi connectivity index (χ3v) is 2.58. The number of carbonyl (C=O) groups is 2. The van der Waals surface area contributed by atoms with E-state index in [1.807, 2.05) is 6.07 Å². The maximum atomic E-state index is 11.6. The van der Waals surface area contributed by atoms with E-state index in [1.165, 1.54) is 0 Å². The van der Waals surface area contributed by atoms with E-state index in [0.29, 0.717) is 24.9 Å². The number of hydrogen-bond donors (Lipinski definition) is 3. The molecule has 0 unspecified atom stereocenters. The Balaban J connectivity index is 2.15. The second kappa shape index (κ2) is 7.45. The number of aliphatic carboxylic acids is 1. The second-order valence-electron chi connectivity index (χ2n) is 4.06. The highest BCUT2D eigenvalue weighted by molar-refractivity contribution is 5.94. The van der Waals surface area contributed by atoms with Gasteiger partial charge < -0.3 is 16.2 Å². The molecule has 0 aliphatic rings. The first-order valence-electron chi connectivity index (χ1n) is 5.93. The molecular formula is C13H18N2O3. The Kier molecular flexibility index (Phi) is 5.87. The maximum Gasteiger partial charge on any atom is 0.320 e. The molecule has 0 saturated heterocycles. The number of unbranched alkanes of at least 4 members (excludes halogenated alkanes) is 1. The number of hydrogen-bond acceptors (Lipinski definition) is 3. The fourth-order valence-corrected chi connectivity index (χ4v) is 1.51. The van der Waals surface area contributed by atoms with E-state index in [9.17, 15) is 9.59 Å². The number of carboxylic acid groups (broad SMARTS) is 1. The van der Waals surface area contributed by atoms with Crippen LogP contribution in [-0.4, -0.2) is 29.6 Å². The van der Waals surface area contributed by atoms with Gasteiger partial charge in [0.15, 0.2) is 0 Å². The average molecular weight is 250 g/mol. The molecule has 0 spiro atoms. The van der Waals surface area contributed by atoms with Crippen molar-refractivity contribution in [2.45, 2.75) is 25.3 Å². The van der Waals surface area contributed by atoms with Crippen LogP contribution in [0.25, 0.3) is 0 Å². The SMILES string of the molecule is N[C@H](CCCCNC(=O)c1ccccc1)C(=O)O. The molecule has 4 N–H and O–H groups in total. The number of nitrogens with two attached hydrogens (primary N) is 1. The first-order valence-corrected chi connectivity index (χ1v) is 5.93. The van der Waals surface area contributed by atoms with Crippen molar-refractivity contribution in [1.29, 1.82) is 0 Å². The van der Waals surface area contributed by atoms with Gasteiger partial charge in [0, 0.05) is 12.1 Å². The minimum absolute atomic E-state index is 0.113. The number of benzene rings is 1. The van der Waals surface area contributed by atoms with Gasteiger partial charge in [-0.1, -0.05) is 18.2 Å². The molecule has 1 atom stereocenters. The van der Waals surface area contributed by atoms with Crippen LogP contribution in [0.4, 0.5) is 0 Å². The zero-order valence-electron chi connectivity index (χ0n) is 10.1. The second-order valence-corrected chi connectivity index (χ2v) is 4.06. The van der Waals surface area contributed by atoms with Gasteiger partial charge >= 0.3 is 5.97 Å². The van der Waals surface area contributed by atoms with Gasteiger partial charge in [-0.2, -0.15) is 0 Å². The summed E-state index contributed by atoms with van der Waals surface area (Å²) >= 11 is 0. The third kappa shape index (κ3) is 4.97. The van der Waals surface area contributed by atoms with Gasteiger partial charge in [0.25, 0.3) is 5.91 Å². The molecule has 98 valence electrons. The van der Waals surface area contributed by atoms with Crippen LogP contribution in [0.2, 0.25) is 0 Å². The van der Waals surface area contributed by atoms with Crippen molar-refractivity contribution in [3.63, 3.8) is 0 Å². The van der Waals surface area contributed by atoms with Crippen molar-refractivity contribution in [3.05, 3.63) is 35.9 Å². The largest absolute Gasteiger partial charge is 0.480 e. The zero-order valence-corrected chi connectivity index (χ0v) is 10.1. The van der Waals surface area contributed by atoms with Crippen molar-refractivity contribution < 1.29 is 14.7 Å². The number of nitrogens with one attached hydrogen (secondary N) is 1. The third-order valence-electron chi connectivity index (χ3n) is 2.58. The van der Waals surface area contributed by atoms with Gasteiger partial charge in [-0.15, -0.1) is 0 Å². The van der Waals surface area contributed by atoms with E-state index >= 15 is 0 Å². The topological polar surface area (TPSA) is 92.4 Å². The average Bonchev–Trinajstić information content (AvgIpc) is 2.38. The van der Waals surface area contributed by atoms with E-state index in [4.69, 9.17) is 10.8 Å². The Hall–Kier alpha value is -1.88. The van der Waals surface area contributed by atoms with Crippen molar-refractivity contribution in [2.24, 2.45) is 5.73 Å². The van der Waals surface area contributed by atoms with E-state index in [1.54, 1.807) is 24.3 Å². The van der Waals surface area contributed by atoms with E-state index in [2.05, 4.69) is 5.32 Å². The Morgan fingerprint density at radius 3 is 2.50 bits per heavy atom. The molecule has 0 bridgehead atoms. The summed E-state index contributed by atoms with van der Waals surface area (Å²) in [6.07, 6.45) is 1.83. The summed E-state index contributed by atoms with van der Waals surface area (Å²) in [5.74, 6) is -1.10. The summed E-state index contributed by atoms with van der Waals surface area (Å²) < 4.78 is 0. The monoisotopic (exact) mass is 250 g/mol. The van der Waals surface area contributed by atoms with Crippen LogP contribution in [0.15, 0.2) is 30.3 Å². The normalized spacial score (nSPS) is 11.8. The van der Waals surface area contributed by atoms with Gasteiger partial charge in [-0.05, 0) is 31.4 Å². The fraction of sp³-hybridized carbons (Fsp3) is 0.385. The number of carbonyl (C=O) groups excluding carboxylic acids is 1. The molecule has 18 heavy (non-hydrogen) atoms. The molecule has 0 aromatic heterocycles. The molecule has 5 heteroatoms. The van der Waals surface area contributed by atoms with Crippen LogP contribution >= 0.6 is 0 Å². The summed E-state index contributed by atoms with van der Waals surface area (Å²) in [6, 6.07) is 8.15. The molecule has 1 rings (SSSR count). The first kappa shape index (κ1) is 14.2. The number of rotatable bonds is 7. The van der Waals surface area contributed by atoms with Crippen LogP contribution in [0.1, 0.15) is 29.6 Å². The van der Waals surface area contributed by atoms with Crippen LogP contribution in [0, 0.1) is 0 Å². The lowest BCUT2D eigenvalue weighted by Crippen LogP contribution is -2.30. The molecule has 1 aromatic rings. The van der Waals surface area contributed by atoms with Gasteiger partial charge in [0.1, 0.15) is 6.04 Å². The van der Waals surface area contributed by atoms with E-state index in [-0.39, 0.29) is 5.91 Å². The van der Waals surface area contributed by atoms with Crippen molar-refractivity contribution in [3.8, 4) is 0 Å². The van der Waals surface area contributed by atoms with Crippen molar-refractivity contribution >= 4 is 11.9 Å². The lowest BCUT2D eigenvalue weighted by molar-refractivity contribution is -0.138. The summed E-state index contributed by atoms with van der Waals surface area (Å²) in [7, 11) is 0.